The number of aryl methyl sites for hydroxylation is 1. The summed E-state index contributed by atoms with van der Waals surface area (Å²) >= 11 is 6.20. The second-order valence-electron chi connectivity index (χ2n) is 7.17. The molecule has 152 valence electrons. The molecule has 2 aromatic heterocycles. The van der Waals surface area contributed by atoms with Gasteiger partial charge in [0.05, 0.1) is 28.5 Å². The number of rotatable bonds is 1. The van der Waals surface area contributed by atoms with Crippen molar-refractivity contribution >= 4 is 33.5 Å². The van der Waals surface area contributed by atoms with Gasteiger partial charge in [-0.3, -0.25) is 4.79 Å². The van der Waals surface area contributed by atoms with Crippen molar-refractivity contribution < 1.29 is 13.6 Å². The predicted molar refractivity (Wildman–Crippen MR) is 114 cm³/mol. The molecule has 1 unspecified atom stereocenters. The monoisotopic (exact) mass is 432 g/mol. The summed E-state index contributed by atoms with van der Waals surface area (Å²) < 4.78 is 16.8. The first kappa shape index (κ1) is 19.0. The van der Waals surface area contributed by atoms with Crippen molar-refractivity contribution in [2.24, 2.45) is 5.73 Å². The first-order valence-electron chi connectivity index (χ1n) is 9.25. The molecule has 0 saturated heterocycles. The van der Waals surface area contributed by atoms with Crippen LogP contribution in [-0.2, 0) is 0 Å². The number of benzene rings is 2. The molecule has 31 heavy (non-hydrogen) atoms. The van der Waals surface area contributed by atoms with Gasteiger partial charge in [-0.2, -0.15) is 5.26 Å². The Bertz CT molecular complexity index is 1610. The average Bonchev–Trinajstić information content (AvgIpc) is 2.75. The number of fused-ring (bicyclic) bond motifs is 4. The number of nitrogens with two attached hydrogens (primary N) is 1. The van der Waals surface area contributed by atoms with E-state index in [-0.39, 0.29) is 33.7 Å². The van der Waals surface area contributed by atoms with Crippen LogP contribution in [0.3, 0.4) is 0 Å². The molecule has 1 atom stereocenters. The minimum Gasteiger partial charge on any atom is -0.464 e. The first-order chi connectivity index (χ1) is 14.9. The Kier molecular flexibility index (Phi) is 4.14. The Labute approximate surface area is 179 Å². The summed E-state index contributed by atoms with van der Waals surface area (Å²) in [5.74, 6) is -1.16. The van der Waals surface area contributed by atoms with Gasteiger partial charge in [0.15, 0.2) is 11.2 Å². The van der Waals surface area contributed by atoms with Crippen LogP contribution in [0.5, 0.6) is 5.75 Å². The number of para-hydroxylation sites is 1. The predicted octanol–water partition coefficient (Wildman–Crippen LogP) is 4.08. The molecule has 0 aliphatic carbocycles. The summed E-state index contributed by atoms with van der Waals surface area (Å²) in [5.41, 5.74) is 6.22. The van der Waals surface area contributed by atoms with Gasteiger partial charge in [0.25, 0.3) is 0 Å². The molecule has 0 spiro atoms. The highest BCUT2D eigenvalue weighted by atomic mass is 35.5. The molecular weight excluding hydrogens is 420 g/mol. The third-order valence-electron chi connectivity index (χ3n) is 5.37. The largest absolute Gasteiger partial charge is 0.464 e. The van der Waals surface area contributed by atoms with Gasteiger partial charge in [-0.25, -0.2) is 4.79 Å². The van der Waals surface area contributed by atoms with Crippen molar-refractivity contribution in [1.29, 1.82) is 5.26 Å². The van der Waals surface area contributed by atoms with E-state index in [9.17, 15) is 14.9 Å². The molecular formula is C23H13ClN2O5. The van der Waals surface area contributed by atoms with E-state index in [0.717, 1.165) is 5.56 Å². The molecule has 2 N–H and O–H groups in total. The van der Waals surface area contributed by atoms with Gasteiger partial charge in [0.1, 0.15) is 22.8 Å². The maximum absolute atomic E-state index is 13.4. The number of halogens is 1. The second kappa shape index (κ2) is 6.76. The number of ether oxygens (including phenoxy) is 1. The molecule has 5 rings (SSSR count). The topological polar surface area (TPSA) is 119 Å². The minimum atomic E-state index is -1.12. The molecule has 7 nitrogen and oxygen atoms in total. The lowest BCUT2D eigenvalue weighted by Gasteiger charge is -2.25. The fraction of sp³-hybridized carbons (Fsp3) is 0.0870. The molecule has 0 radical (unpaired) electrons. The highest BCUT2D eigenvalue weighted by molar-refractivity contribution is 6.32. The van der Waals surface area contributed by atoms with Crippen LogP contribution in [0, 0.1) is 18.3 Å². The normalized spacial score (nSPS) is 15.6. The van der Waals surface area contributed by atoms with E-state index >= 15 is 0 Å². The Hall–Kier alpha value is -4.02. The van der Waals surface area contributed by atoms with Crippen LogP contribution in [0.15, 0.2) is 72.5 Å². The number of nitrogens with zero attached hydrogens (tertiary/aromatic N) is 1. The summed E-state index contributed by atoms with van der Waals surface area (Å²) in [6.45, 7) is 1.79. The smallest absolute Gasteiger partial charge is 0.344 e. The highest BCUT2D eigenvalue weighted by Gasteiger charge is 2.37. The summed E-state index contributed by atoms with van der Waals surface area (Å²) in [5, 5.41) is 10.9. The number of hydrogen-bond donors (Lipinski definition) is 1. The standard InChI is InChI=1S/C23H13ClN2O5/c1-10-6-17-12(7-15(10)24)20(27)14(9-29-17)18-13(8-25)22(26)31-21-11-4-2-3-5-16(11)30-23(28)19(18)21/h2-7,9,18H,26H2,1H3. The Morgan fingerprint density at radius 2 is 1.90 bits per heavy atom. The highest BCUT2D eigenvalue weighted by Crippen LogP contribution is 2.43. The third-order valence-corrected chi connectivity index (χ3v) is 5.77. The lowest BCUT2D eigenvalue weighted by Crippen LogP contribution is -2.29. The van der Waals surface area contributed by atoms with E-state index in [1.165, 1.54) is 12.3 Å². The van der Waals surface area contributed by atoms with E-state index in [2.05, 4.69) is 0 Å². The zero-order valence-electron chi connectivity index (χ0n) is 16.1. The summed E-state index contributed by atoms with van der Waals surface area (Å²) in [4.78, 5) is 26.3. The second-order valence-corrected chi connectivity index (χ2v) is 7.58. The van der Waals surface area contributed by atoms with Crippen molar-refractivity contribution in [1.82, 2.24) is 0 Å². The zero-order chi connectivity index (χ0) is 21.9. The third kappa shape index (κ3) is 2.73. The van der Waals surface area contributed by atoms with Gasteiger partial charge in [0, 0.05) is 10.6 Å². The van der Waals surface area contributed by atoms with Gasteiger partial charge in [0.2, 0.25) is 5.88 Å². The van der Waals surface area contributed by atoms with Crippen LogP contribution >= 0.6 is 11.6 Å². The lowest BCUT2D eigenvalue weighted by molar-refractivity contribution is 0.387. The van der Waals surface area contributed by atoms with Crippen molar-refractivity contribution in [2.75, 3.05) is 0 Å². The quantitative estimate of drug-likeness (QED) is 0.450. The molecule has 0 bridgehead atoms. The number of nitriles is 1. The molecule has 4 aromatic rings. The van der Waals surface area contributed by atoms with E-state index in [1.807, 2.05) is 6.07 Å². The first-order valence-corrected chi connectivity index (χ1v) is 9.63. The van der Waals surface area contributed by atoms with Crippen LogP contribution in [0.2, 0.25) is 5.02 Å². The van der Waals surface area contributed by atoms with E-state index in [4.69, 9.17) is 30.9 Å². The molecule has 0 amide bonds. The molecule has 0 fully saturated rings. The maximum atomic E-state index is 13.4. The fourth-order valence-electron chi connectivity index (χ4n) is 3.84. The SMILES string of the molecule is Cc1cc2occ(C3C(C#N)=C(N)Oc4c3c(=O)oc3ccccc43)c(=O)c2cc1Cl. The Morgan fingerprint density at radius 3 is 2.68 bits per heavy atom. The summed E-state index contributed by atoms with van der Waals surface area (Å²) in [6, 6.07) is 11.9. The maximum Gasteiger partial charge on any atom is 0.344 e. The molecule has 1 aliphatic rings. The van der Waals surface area contributed by atoms with Gasteiger partial charge < -0.3 is 19.3 Å². The van der Waals surface area contributed by atoms with E-state index in [0.29, 0.717) is 21.6 Å². The van der Waals surface area contributed by atoms with Crippen molar-refractivity contribution in [3.05, 3.63) is 96.5 Å². The van der Waals surface area contributed by atoms with Crippen LogP contribution in [0.4, 0.5) is 0 Å². The molecule has 8 heteroatoms. The van der Waals surface area contributed by atoms with Gasteiger partial charge in [-0.1, -0.05) is 23.7 Å². The van der Waals surface area contributed by atoms with Crippen molar-refractivity contribution in [3.63, 3.8) is 0 Å². The zero-order valence-corrected chi connectivity index (χ0v) is 16.8. The van der Waals surface area contributed by atoms with Crippen LogP contribution < -0.4 is 21.5 Å². The Morgan fingerprint density at radius 1 is 1.13 bits per heavy atom. The summed E-state index contributed by atoms with van der Waals surface area (Å²) in [7, 11) is 0. The molecule has 2 aromatic carbocycles. The molecule has 1 aliphatic heterocycles. The summed E-state index contributed by atoms with van der Waals surface area (Å²) in [6.07, 6.45) is 1.23. The van der Waals surface area contributed by atoms with Gasteiger partial charge in [-0.15, -0.1) is 0 Å². The van der Waals surface area contributed by atoms with Gasteiger partial charge >= 0.3 is 5.63 Å². The molecule has 3 heterocycles. The van der Waals surface area contributed by atoms with Crippen molar-refractivity contribution in [3.8, 4) is 11.8 Å². The van der Waals surface area contributed by atoms with Crippen molar-refractivity contribution in [2.45, 2.75) is 12.8 Å². The van der Waals surface area contributed by atoms with E-state index in [1.54, 1.807) is 37.3 Å². The van der Waals surface area contributed by atoms with Crippen LogP contribution in [-0.4, -0.2) is 0 Å². The number of hydrogen-bond acceptors (Lipinski definition) is 7. The minimum absolute atomic E-state index is 0.00862. The molecule has 0 saturated carbocycles. The number of allylic oxidation sites excluding steroid dienone is 1. The fourth-order valence-corrected chi connectivity index (χ4v) is 4.01. The van der Waals surface area contributed by atoms with Crippen LogP contribution in [0.1, 0.15) is 22.6 Å². The van der Waals surface area contributed by atoms with Crippen LogP contribution in [0.25, 0.3) is 21.9 Å². The van der Waals surface area contributed by atoms with E-state index < -0.39 is 17.0 Å². The Balaban J connectivity index is 1.88. The lowest BCUT2D eigenvalue weighted by atomic mass is 9.84. The average molecular weight is 433 g/mol. The van der Waals surface area contributed by atoms with Gasteiger partial charge in [-0.05, 0) is 36.8 Å².